The van der Waals surface area contributed by atoms with Crippen molar-refractivity contribution >= 4 is 16.9 Å². The molecule has 1 unspecified atom stereocenters. The third-order valence-electron chi connectivity index (χ3n) is 4.16. The molecule has 0 saturated heterocycles. The molecule has 1 aromatic heterocycles. The molecule has 3 rings (SSSR count). The summed E-state index contributed by atoms with van der Waals surface area (Å²) in [7, 11) is 0. The molecule has 0 amide bonds. The van der Waals surface area contributed by atoms with Crippen molar-refractivity contribution < 1.29 is 19.0 Å². The first-order valence-corrected chi connectivity index (χ1v) is 9.02. The second-order valence-electron chi connectivity index (χ2n) is 6.18. The van der Waals surface area contributed by atoms with Crippen LogP contribution in [0, 0.1) is 0 Å². The SMILES string of the molecule is CCC(COc1ccccc1COc1cccc2cccnc12)OC(C)=O. The number of aromatic nitrogens is 1. The van der Waals surface area contributed by atoms with E-state index in [4.69, 9.17) is 14.2 Å². The predicted molar refractivity (Wildman–Crippen MR) is 104 cm³/mol. The van der Waals surface area contributed by atoms with E-state index in [1.54, 1.807) is 6.20 Å². The molecule has 0 fully saturated rings. The molecule has 3 aromatic rings. The first-order valence-electron chi connectivity index (χ1n) is 9.02. The molecule has 0 N–H and O–H groups in total. The minimum Gasteiger partial charge on any atom is -0.489 e. The van der Waals surface area contributed by atoms with Gasteiger partial charge in [-0.3, -0.25) is 9.78 Å². The highest BCUT2D eigenvalue weighted by Gasteiger charge is 2.12. The van der Waals surface area contributed by atoms with E-state index in [2.05, 4.69) is 4.98 Å². The van der Waals surface area contributed by atoms with E-state index in [9.17, 15) is 4.79 Å². The molecule has 140 valence electrons. The van der Waals surface area contributed by atoms with Crippen LogP contribution in [0.25, 0.3) is 10.9 Å². The molecule has 2 aromatic carbocycles. The third-order valence-corrected chi connectivity index (χ3v) is 4.16. The molecule has 0 aliphatic rings. The van der Waals surface area contributed by atoms with Crippen LogP contribution in [0.2, 0.25) is 0 Å². The van der Waals surface area contributed by atoms with Crippen molar-refractivity contribution in [3.63, 3.8) is 0 Å². The van der Waals surface area contributed by atoms with Crippen molar-refractivity contribution in [3.8, 4) is 11.5 Å². The van der Waals surface area contributed by atoms with Gasteiger partial charge in [-0.05, 0) is 24.6 Å². The first kappa shape index (κ1) is 18.7. The number of carbonyl (C=O) groups excluding carboxylic acids is 1. The zero-order valence-electron chi connectivity index (χ0n) is 15.6. The molecule has 1 heterocycles. The Balaban J connectivity index is 1.69. The maximum Gasteiger partial charge on any atom is 0.303 e. The zero-order chi connectivity index (χ0) is 19.1. The molecule has 5 heteroatoms. The lowest BCUT2D eigenvalue weighted by Crippen LogP contribution is -2.23. The number of hydrogen-bond donors (Lipinski definition) is 0. The fourth-order valence-electron chi connectivity index (χ4n) is 2.76. The normalized spacial score (nSPS) is 11.8. The largest absolute Gasteiger partial charge is 0.489 e. The number of ether oxygens (including phenoxy) is 3. The van der Waals surface area contributed by atoms with Gasteiger partial charge in [0.1, 0.15) is 36.3 Å². The van der Waals surface area contributed by atoms with Gasteiger partial charge in [0.15, 0.2) is 0 Å². The fourth-order valence-corrected chi connectivity index (χ4v) is 2.76. The van der Waals surface area contributed by atoms with Crippen molar-refractivity contribution in [2.24, 2.45) is 0 Å². The molecular weight excluding hydrogens is 342 g/mol. The number of carbonyl (C=O) groups is 1. The van der Waals surface area contributed by atoms with Gasteiger partial charge in [-0.25, -0.2) is 0 Å². The predicted octanol–water partition coefficient (Wildman–Crippen LogP) is 4.53. The summed E-state index contributed by atoms with van der Waals surface area (Å²) in [5, 5.41) is 1.03. The van der Waals surface area contributed by atoms with Gasteiger partial charge >= 0.3 is 5.97 Å². The first-order chi connectivity index (χ1) is 13.2. The van der Waals surface area contributed by atoms with Crippen LogP contribution in [0.15, 0.2) is 60.8 Å². The summed E-state index contributed by atoms with van der Waals surface area (Å²) < 4.78 is 17.1. The van der Waals surface area contributed by atoms with Crippen molar-refractivity contribution in [2.45, 2.75) is 33.0 Å². The third kappa shape index (κ3) is 4.97. The molecule has 0 aliphatic carbocycles. The van der Waals surface area contributed by atoms with Gasteiger partial charge in [0.05, 0.1) is 0 Å². The van der Waals surface area contributed by atoms with Crippen LogP contribution < -0.4 is 9.47 Å². The summed E-state index contributed by atoms with van der Waals surface area (Å²) in [4.78, 5) is 15.6. The van der Waals surface area contributed by atoms with Crippen LogP contribution >= 0.6 is 0 Å². The summed E-state index contributed by atoms with van der Waals surface area (Å²) in [6, 6.07) is 17.5. The lowest BCUT2D eigenvalue weighted by molar-refractivity contribution is -0.147. The highest BCUT2D eigenvalue weighted by atomic mass is 16.6. The van der Waals surface area contributed by atoms with Crippen molar-refractivity contribution in [1.82, 2.24) is 4.98 Å². The summed E-state index contributed by atoms with van der Waals surface area (Å²) in [5.74, 6) is 1.15. The smallest absolute Gasteiger partial charge is 0.303 e. The van der Waals surface area contributed by atoms with E-state index in [0.717, 1.165) is 28.0 Å². The van der Waals surface area contributed by atoms with Gasteiger partial charge in [-0.2, -0.15) is 0 Å². The van der Waals surface area contributed by atoms with Gasteiger partial charge < -0.3 is 14.2 Å². The van der Waals surface area contributed by atoms with Crippen LogP contribution in [0.5, 0.6) is 11.5 Å². The second kappa shape index (κ2) is 9.03. The summed E-state index contributed by atoms with van der Waals surface area (Å²) in [6.07, 6.45) is 2.19. The number of pyridine rings is 1. The average Bonchev–Trinajstić information content (AvgIpc) is 2.69. The Kier molecular flexibility index (Phi) is 6.26. The molecule has 1 atom stereocenters. The minimum atomic E-state index is -0.300. The number of esters is 1. The van der Waals surface area contributed by atoms with Crippen LogP contribution in [0.3, 0.4) is 0 Å². The van der Waals surface area contributed by atoms with Gasteiger partial charge in [-0.1, -0.05) is 43.3 Å². The maximum atomic E-state index is 11.2. The molecule has 0 spiro atoms. The number of fused-ring (bicyclic) bond motifs is 1. The monoisotopic (exact) mass is 365 g/mol. The van der Waals surface area contributed by atoms with Crippen molar-refractivity contribution in [2.75, 3.05) is 6.61 Å². The van der Waals surface area contributed by atoms with E-state index in [1.165, 1.54) is 6.92 Å². The lowest BCUT2D eigenvalue weighted by Gasteiger charge is -2.18. The van der Waals surface area contributed by atoms with E-state index in [0.29, 0.717) is 19.6 Å². The van der Waals surface area contributed by atoms with Gasteiger partial charge in [-0.15, -0.1) is 0 Å². The zero-order valence-corrected chi connectivity index (χ0v) is 15.6. The molecule has 27 heavy (non-hydrogen) atoms. The van der Waals surface area contributed by atoms with E-state index >= 15 is 0 Å². The summed E-state index contributed by atoms with van der Waals surface area (Å²) in [5.41, 5.74) is 1.75. The molecule has 0 saturated carbocycles. The van der Waals surface area contributed by atoms with E-state index < -0.39 is 0 Å². The molecular formula is C22H23NO4. The number of hydrogen-bond acceptors (Lipinski definition) is 5. The Bertz CT molecular complexity index is 904. The average molecular weight is 365 g/mol. The van der Waals surface area contributed by atoms with Crippen LogP contribution in [0.1, 0.15) is 25.8 Å². The maximum absolute atomic E-state index is 11.2. The number of rotatable bonds is 8. The number of benzene rings is 2. The van der Waals surface area contributed by atoms with Crippen LogP contribution in [-0.4, -0.2) is 23.7 Å². The van der Waals surface area contributed by atoms with Gasteiger partial charge in [0.25, 0.3) is 0 Å². The van der Waals surface area contributed by atoms with Crippen molar-refractivity contribution in [3.05, 3.63) is 66.4 Å². The second-order valence-corrected chi connectivity index (χ2v) is 6.18. The Hall–Kier alpha value is -3.08. The van der Waals surface area contributed by atoms with E-state index in [-0.39, 0.29) is 12.1 Å². The minimum absolute atomic E-state index is 0.265. The fraction of sp³-hybridized carbons (Fsp3) is 0.273. The Morgan fingerprint density at radius 2 is 1.78 bits per heavy atom. The lowest BCUT2D eigenvalue weighted by atomic mass is 10.2. The number of para-hydroxylation sites is 2. The summed E-state index contributed by atoms with van der Waals surface area (Å²) in [6.45, 7) is 4.03. The highest BCUT2D eigenvalue weighted by molar-refractivity contribution is 5.84. The highest BCUT2D eigenvalue weighted by Crippen LogP contribution is 2.26. The van der Waals surface area contributed by atoms with Gasteiger partial charge in [0, 0.05) is 24.1 Å². The standard InChI is InChI=1S/C22H23NO4/c1-3-19(27-16(2)24)15-26-20-11-5-4-8-18(20)14-25-21-12-6-9-17-10-7-13-23-22(17)21/h4-13,19H,3,14-15H2,1-2H3. The van der Waals surface area contributed by atoms with Crippen LogP contribution in [0.4, 0.5) is 0 Å². The van der Waals surface area contributed by atoms with Crippen molar-refractivity contribution in [1.29, 1.82) is 0 Å². The Labute approximate surface area is 158 Å². The summed E-state index contributed by atoms with van der Waals surface area (Å²) >= 11 is 0. The molecule has 5 nitrogen and oxygen atoms in total. The van der Waals surface area contributed by atoms with Crippen LogP contribution in [-0.2, 0) is 16.1 Å². The molecule has 0 bridgehead atoms. The molecule has 0 radical (unpaired) electrons. The Morgan fingerprint density at radius 1 is 1.00 bits per heavy atom. The Morgan fingerprint density at radius 3 is 2.59 bits per heavy atom. The van der Waals surface area contributed by atoms with Gasteiger partial charge in [0.2, 0.25) is 0 Å². The molecule has 0 aliphatic heterocycles. The number of nitrogens with zero attached hydrogens (tertiary/aromatic N) is 1. The van der Waals surface area contributed by atoms with E-state index in [1.807, 2.05) is 61.5 Å². The quantitative estimate of drug-likeness (QED) is 0.549. The topological polar surface area (TPSA) is 57.6 Å².